The molecule has 3 N–H and O–H groups in total. The number of rotatable bonds is 3. The Bertz CT molecular complexity index is 755. The van der Waals surface area contributed by atoms with E-state index < -0.39 is 5.91 Å². The first-order valence-electron chi connectivity index (χ1n) is 8.58. The molecule has 0 unspecified atom stereocenters. The Morgan fingerprint density at radius 2 is 2.08 bits per heavy atom. The van der Waals surface area contributed by atoms with Gasteiger partial charge in [-0.25, -0.2) is 4.79 Å². The number of primary amides is 1. The number of amides is 3. The summed E-state index contributed by atoms with van der Waals surface area (Å²) in [6.45, 7) is 2.55. The Morgan fingerprint density at radius 1 is 1.24 bits per heavy atom. The lowest BCUT2D eigenvalue weighted by Gasteiger charge is -2.29. The van der Waals surface area contributed by atoms with Crippen LogP contribution in [0.1, 0.15) is 53.4 Å². The molecule has 1 aromatic heterocycles. The lowest BCUT2D eigenvalue weighted by molar-refractivity contribution is 0.1000. The van der Waals surface area contributed by atoms with Crippen molar-refractivity contribution >= 4 is 17.6 Å². The molecular formula is C19H23N3O3. The minimum Gasteiger partial charge on any atom is -0.467 e. The van der Waals surface area contributed by atoms with Gasteiger partial charge in [0.1, 0.15) is 5.76 Å². The lowest BCUT2D eigenvalue weighted by Crippen LogP contribution is -2.38. The molecule has 25 heavy (non-hydrogen) atoms. The summed E-state index contributed by atoms with van der Waals surface area (Å²) < 4.78 is 5.55. The molecule has 1 aliphatic heterocycles. The zero-order valence-corrected chi connectivity index (χ0v) is 14.3. The van der Waals surface area contributed by atoms with Crippen molar-refractivity contribution in [3.63, 3.8) is 0 Å². The number of furan rings is 1. The smallest absolute Gasteiger partial charge is 0.322 e. The monoisotopic (exact) mass is 341 g/mol. The van der Waals surface area contributed by atoms with Crippen LogP contribution in [0.4, 0.5) is 10.5 Å². The van der Waals surface area contributed by atoms with E-state index in [1.807, 2.05) is 24.0 Å². The molecule has 0 spiro atoms. The first-order valence-corrected chi connectivity index (χ1v) is 8.58. The number of anilines is 1. The van der Waals surface area contributed by atoms with Crippen molar-refractivity contribution in [2.45, 2.75) is 38.6 Å². The number of aryl methyl sites for hydroxylation is 1. The van der Waals surface area contributed by atoms with Gasteiger partial charge in [0.2, 0.25) is 5.91 Å². The van der Waals surface area contributed by atoms with E-state index in [1.165, 1.54) is 0 Å². The first kappa shape index (κ1) is 17.1. The zero-order chi connectivity index (χ0) is 17.8. The van der Waals surface area contributed by atoms with Gasteiger partial charge in [-0.15, -0.1) is 0 Å². The number of likely N-dealkylation sites (tertiary alicyclic amines) is 1. The largest absolute Gasteiger partial charge is 0.467 e. The number of benzene rings is 1. The number of nitrogens with zero attached hydrogens (tertiary/aromatic N) is 1. The van der Waals surface area contributed by atoms with Gasteiger partial charge in [0.05, 0.1) is 12.3 Å². The topological polar surface area (TPSA) is 88.6 Å². The molecule has 1 saturated heterocycles. The highest BCUT2D eigenvalue weighted by atomic mass is 16.3. The predicted octanol–water partition coefficient (Wildman–Crippen LogP) is 3.84. The third-order valence-corrected chi connectivity index (χ3v) is 4.65. The van der Waals surface area contributed by atoms with Gasteiger partial charge >= 0.3 is 6.03 Å². The summed E-state index contributed by atoms with van der Waals surface area (Å²) in [6.07, 6.45) is 5.63. The molecule has 0 aliphatic carbocycles. The fourth-order valence-electron chi connectivity index (χ4n) is 3.23. The van der Waals surface area contributed by atoms with E-state index in [4.69, 9.17) is 10.2 Å². The number of urea groups is 1. The van der Waals surface area contributed by atoms with Gasteiger partial charge < -0.3 is 20.4 Å². The van der Waals surface area contributed by atoms with Crippen LogP contribution in [-0.2, 0) is 0 Å². The molecule has 0 bridgehead atoms. The van der Waals surface area contributed by atoms with Crippen molar-refractivity contribution < 1.29 is 14.0 Å². The fraction of sp³-hybridized carbons (Fsp3) is 0.368. The van der Waals surface area contributed by atoms with E-state index in [-0.39, 0.29) is 12.1 Å². The Morgan fingerprint density at radius 3 is 2.80 bits per heavy atom. The molecule has 0 radical (unpaired) electrons. The quantitative estimate of drug-likeness (QED) is 0.889. The molecule has 3 amide bonds. The molecule has 1 fully saturated rings. The number of carbonyl (C=O) groups excluding carboxylic acids is 2. The van der Waals surface area contributed by atoms with Gasteiger partial charge in [-0.2, -0.15) is 0 Å². The van der Waals surface area contributed by atoms with Crippen LogP contribution in [0.25, 0.3) is 0 Å². The normalized spacial score (nSPS) is 17.8. The van der Waals surface area contributed by atoms with Crippen molar-refractivity contribution in [1.82, 2.24) is 4.90 Å². The highest BCUT2D eigenvalue weighted by molar-refractivity contribution is 5.96. The van der Waals surface area contributed by atoms with Crippen molar-refractivity contribution in [2.24, 2.45) is 5.73 Å². The number of carbonyl (C=O) groups is 2. The Hall–Kier alpha value is -2.76. The van der Waals surface area contributed by atoms with Crippen LogP contribution in [0, 0.1) is 6.92 Å². The van der Waals surface area contributed by atoms with Crippen LogP contribution in [0.3, 0.4) is 0 Å². The molecule has 132 valence electrons. The maximum Gasteiger partial charge on any atom is 0.322 e. The minimum atomic E-state index is -0.515. The molecule has 2 aromatic rings. The third-order valence-electron chi connectivity index (χ3n) is 4.65. The summed E-state index contributed by atoms with van der Waals surface area (Å²) in [4.78, 5) is 26.1. The molecule has 3 rings (SSSR count). The molecule has 1 atom stereocenters. The molecular weight excluding hydrogens is 318 g/mol. The Kier molecular flexibility index (Phi) is 5.07. The Labute approximate surface area is 147 Å². The molecule has 6 nitrogen and oxygen atoms in total. The summed E-state index contributed by atoms with van der Waals surface area (Å²) in [5.41, 5.74) is 7.19. The van der Waals surface area contributed by atoms with E-state index in [9.17, 15) is 9.59 Å². The fourth-order valence-corrected chi connectivity index (χ4v) is 3.23. The molecule has 1 aliphatic rings. The van der Waals surface area contributed by atoms with Crippen LogP contribution in [0.5, 0.6) is 0 Å². The van der Waals surface area contributed by atoms with E-state index >= 15 is 0 Å². The summed E-state index contributed by atoms with van der Waals surface area (Å²) in [7, 11) is 0. The van der Waals surface area contributed by atoms with Gasteiger partial charge in [0.15, 0.2) is 0 Å². The second-order valence-corrected chi connectivity index (χ2v) is 6.40. The summed E-state index contributed by atoms with van der Waals surface area (Å²) in [5.74, 6) is 0.290. The SMILES string of the molecule is Cc1ccc(C(N)=O)cc1NC(=O)N1CCCCC[C@@H]1c1ccco1. The Balaban J connectivity index is 1.83. The maximum atomic E-state index is 12.9. The van der Waals surface area contributed by atoms with Crippen LogP contribution in [0.15, 0.2) is 41.0 Å². The minimum absolute atomic E-state index is 0.0721. The van der Waals surface area contributed by atoms with Crippen LogP contribution >= 0.6 is 0 Å². The van der Waals surface area contributed by atoms with Gasteiger partial charge in [-0.05, 0) is 49.6 Å². The van der Waals surface area contributed by atoms with Gasteiger partial charge in [0.25, 0.3) is 0 Å². The highest BCUT2D eigenvalue weighted by Crippen LogP contribution is 2.31. The number of nitrogens with two attached hydrogens (primary N) is 1. The van der Waals surface area contributed by atoms with E-state index in [1.54, 1.807) is 24.5 Å². The van der Waals surface area contributed by atoms with Crippen molar-refractivity contribution in [3.8, 4) is 0 Å². The number of hydrogen-bond acceptors (Lipinski definition) is 3. The number of hydrogen-bond donors (Lipinski definition) is 2. The van der Waals surface area contributed by atoms with Gasteiger partial charge in [0, 0.05) is 17.8 Å². The molecule has 2 heterocycles. The van der Waals surface area contributed by atoms with Crippen LogP contribution < -0.4 is 11.1 Å². The number of nitrogens with one attached hydrogen (secondary N) is 1. The highest BCUT2D eigenvalue weighted by Gasteiger charge is 2.28. The maximum absolute atomic E-state index is 12.9. The van der Waals surface area contributed by atoms with Gasteiger partial charge in [-0.3, -0.25) is 4.79 Å². The first-order chi connectivity index (χ1) is 12.1. The zero-order valence-electron chi connectivity index (χ0n) is 14.3. The van der Waals surface area contributed by atoms with E-state index in [2.05, 4.69) is 5.32 Å². The third kappa shape index (κ3) is 3.84. The van der Waals surface area contributed by atoms with Crippen molar-refractivity contribution in [2.75, 3.05) is 11.9 Å². The van der Waals surface area contributed by atoms with Crippen LogP contribution in [-0.4, -0.2) is 23.4 Å². The lowest BCUT2D eigenvalue weighted by atomic mass is 10.1. The summed E-state index contributed by atoms with van der Waals surface area (Å²) in [6, 6.07) is 8.55. The van der Waals surface area contributed by atoms with E-state index in [0.717, 1.165) is 37.0 Å². The standard InChI is InChI=1S/C19H23N3O3/c1-13-8-9-14(18(20)23)12-15(13)21-19(24)22-10-4-2-3-6-16(22)17-7-5-11-25-17/h5,7-9,11-12,16H,2-4,6,10H2,1H3,(H2,20,23)(H,21,24)/t16-/m1/s1. The van der Waals surface area contributed by atoms with Crippen molar-refractivity contribution in [1.29, 1.82) is 0 Å². The van der Waals surface area contributed by atoms with E-state index in [0.29, 0.717) is 17.8 Å². The molecule has 1 aromatic carbocycles. The second kappa shape index (κ2) is 7.42. The summed E-state index contributed by atoms with van der Waals surface area (Å²) >= 11 is 0. The van der Waals surface area contributed by atoms with Gasteiger partial charge in [-0.1, -0.05) is 18.9 Å². The average molecular weight is 341 g/mol. The molecule has 0 saturated carbocycles. The molecule has 6 heteroatoms. The average Bonchev–Trinajstić information content (AvgIpc) is 3.00. The van der Waals surface area contributed by atoms with Crippen LogP contribution in [0.2, 0.25) is 0 Å². The summed E-state index contributed by atoms with van der Waals surface area (Å²) in [5, 5.41) is 2.93. The predicted molar refractivity (Wildman–Crippen MR) is 95.3 cm³/mol. The van der Waals surface area contributed by atoms with Crippen molar-refractivity contribution in [3.05, 3.63) is 53.5 Å². The second-order valence-electron chi connectivity index (χ2n) is 6.40.